The van der Waals surface area contributed by atoms with E-state index in [0.29, 0.717) is 6.42 Å². The third-order valence-corrected chi connectivity index (χ3v) is 9.31. The predicted molar refractivity (Wildman–Crippen MR) is 157 cm³/mol. The summed E-state index contributed by atoms with van der Waals surface area (Å²) in [5.74, 6) is -0.636. The van der Waals surface area contributed by atoms with Crippen LogP contribution in [0.5, 0.6) is 0 Å². The van der Waals surface area contributed by atoms with Gasteiger partial charge in [-0.3, -0.25) is 9.59 Å². The van der Waals surface area contributed by atoms with Gasteiger partial charge in [0.05, 0.1) is 11.4 Å². The Hall–Kier alpha value is -3.49. The van der Waals surface area contributed by atoms with Crippen LogP contribution in [0.3, 0.4) is 0 Å². The number of aryl methyl sites for hydroxylation is 2. The van der Waals surface area contributed by atoms with Crippen LogP contribution < -0.4 is 5.32 Å². The minimum atomic E-state index is -3.90. The summed E-state index contributed by atoms with van der Waals surface area (Å²) in [5.41, 5.74) is 3.79. The summed E-state index contributed by atoms with van der Waals surface area (Å²) < 4.78 is 27.7. The van der Waals surface area contributed by atoms with Crippen LogP contribution in [-0.2, 0) is 32.6 Å². The van der Waals surface area contributed by atoms with Crippen molar-refractivity contribution in [2.75, 3.05) is 13.6 Å². The first-order valence-electron chi connectivity index (χ1n) is 13.9. The van der Waals surface area contributed by atoms with Gasteiger partial charge in [-0.1, -0.05) is 90.7 Å². The van der Waals surface area contributed by atoms with E-state index in [-0.39, 0.29) is 29.9 Å². The molecule has 3 aromatic rings. The molecule has 8 heteroatoms. The van der Waals surface area contributed by atoms with Crippen LogP contribution in [0.2, 0.25) is 0 Å². The summed E-state index contributed by atoms with van der Waals surface area (Å²) in [6.07, 6.45) is 4.31. The fourth-order valence-corrected chi connectivity index (χ4v) is 6.31. The lowest BCUT2D eigenvalue weighted by atomic mass is 10.0. The molecular weight excluding hydrogens is 522 g/mol. The molecule has 1 saturated carbocycles. The van der Waals surface area contributed by atoms with Crippen molar-refractivity contribution in [3.05, 3.63) is 101 Å². The summed E-state index contributed by atoms with van der Waals surface area (Å²) in [6, 6.07) is 23.3. The zero-order chi connectivity index (χ0) is 28.7. The normalized spacial score (nSPS) is 14.7. The maximum atomic E-state index is 14.0. The van der Waals surface area contributed by atoms with Gasteiger partial charge < -0.3 is 10.2 Å². The number of nitrogens with zero attached hydrogens (tertiary/aromatic N) is 2. The highest BCUT2D eigenvalue weighted by Crippen LogP contribution is 2.21. The molecule has 4 rings (SSSR count). The monoisotopic (exact) mass is 561 g/mol. The molecule has 1 N–H and O–H groups in total. The second kappa shape index (κ2) is 13.2. The van der Waals surface area contributed by atoms with Crippen LogP contribution in [0, 0.1) is 13.8 Å². The van der Waals surface area contributed by atoms with Crippen molar-refractivity contribution >= 4 is 21.8 Å². The molecule has 0 heterocycles. The molecule has 3 aromatic carbocycles. The minimum Gasteiger partial charge on any atom is -0.352 e. The number of hydrogen-bond acceptors (Lipinski definition) is 4. The zero-order valence-corrected chi connectivity index (χ0v) is 24.4. The summed E-state index contributed by atoms with van der Waals surface area (Å²) in [5, 5.41) is 3.18. The van der Waals surface area contributed by atoms with Crippen LogP contribution in [-0.4, -0.2) is 55.1 Å². The molecule has 1 aliphatic carbocycles. The van der Waals surface area contributed by atoms with Crippen molar-refractivity contribution < 1.29 is 18.0 Å². The number of hydrogen-bond donors (Lipinski definition) is 1. The Morgan fingerprint density at radius 3 is 2.17 bits per heavy atom. The molecule has 1 atom stereocenters. The van der Waals surface area contributed by atoms with E-state index in [9.17, 15) is 18.0 Å². The van der Waals surface area contributed by atoms with Crippen LogP contribution >= 0.6 is 0 Å². The molecule has 0 saturated heterocycles. The lowest BCUT2D eigenvalue weighted by molar-refractivity contribution is -0.141. The number of carbonyl (C=O) groups excluding carboxylic acids is 2. The molecular formula is C32H39N3O4S. The van der Waals surface area contributed by atoms with E-state index in [2.05, 4.69) is 5.32 Å². The number of benzene rings is 3. The molecule has 0 aliphatic heterocycles. The van der Waals surface area contributed by atoms with Gasteiger partial charge >= 0.3 is 0 Å². The third-order valence-electron chi connectivity index (χ3n) is 7.50. The highest BCUT2D eigenvalue weighted by atomic mass is 32.2. The fraction of sp³-hybridized carbons (Fsp3) is 0.375. The number of carbonyl (C=O) groups is 2. The second-order valence-electron chi connectivity index (χ2n) is 10.8. The molecule has 0 bridgehead atoms. The summed E-state index contributed by atoms with van der Waals surface area (Å²) in [7, 11) is -2.50. The molecule has 0 radical (unpaired) electrons. The topological polar surface area (TPSA) is 86.8 Å². The predicted octanol–water partition coefficient (Wildman–Crippen LogP) is 4.62. The highest BCUT2D eigenvalue weighted by Gasteiger charge is 2.34. The molecule has 1 fully saturated rings. The third kappa shape index (κ3) is 7.58. The van der Waals surface area contributed by atoms with Gasteiger partial charge in [-0.05, 0) is 49.9 Å². The Morgan fingerprint density at radius 2 is 1.52 bits per heavy atom. The first-order chi connectivity index (χ1) is 19.1. The van der Waals surface area contributed by atoms with Gasteiger partial charge in [0.1, 0.15) is 6.04 Å². The van der Waals surface area contributed by atoms with E-state index in [1.165, 1.54) is 7.05 Å². The van der Waals surface area contributed by atoms with Gasteiger partial charge in [0.2, 0.25) is 21.8 Å². The average Bonchev–Trinajstić information content (AvgIpc) is 3.44. The van der Waals surface area contributed by atoms with Gasteiger partial charge in [-0.2, -0.15) is 4.31 Å². The van der Waals surface area contributed by atoms with E-state index < -0.39 is 22.0 Å². The Balaban J connectivity index is 1.66. The lowest BCUT2D eigenvalue weighted by Crippen LogP contribution is -2.54. The Kier molecular flexibility index (Phi) is 9.76. The maximum Gasteiger partial charge on any atom is 0.243 e. The molecule has 7 nitrogen and oxygen atoms in total. The summed E-state index contributed by atoms with van der Waals surface area (Å²) >= 11 is 0. The van der Waals surface area contributed by atoms with Gasteiger partial charge in [-0.25, -0.2) is 8.42 Å². The van der Waals surface area contributed by atoms with Crippen molar-refractivity contribution in [3.63, 3.8) is 0 Å². The number of likely N-dealkylation sites (N-methyl/N-ethyl adjacent to an activating group) is 1. The van der Waals surface area contributed by atoms with Crippen molar-refractivity contribution in [1.29, 1.82) is 0 Å². The largest absolute Gasteiger partial charge is 0.352 e. The van der Waals surface area contributed by atoms with E-state index in [1.54, 1.807) is 29.2 Å². The van der Waals surface area contributed by atoms with Gasteiger partial charge in [0.25, 0.3) is 0 Å². The summed E-state index contributed by atoms with van der Waals surface area (Å²) in [4.78, 5) is 29.5. The van der Waals surface area contributed by atoms with Crippen molar-refractivity contribution in [2.24, 2.45) is 0 Å². The smallest absolute Gasteiger partial charge is 0.243 e. The van der Waals surface area contributed by atoms with E-state index >= 15 is 0 Å². The van der Waals surface area contributed by atoms with Crippen molar-refractivity contribution in [1.82, 2.24) is 14.5 Å². The highest BCUT2D eigenvalue weighted by molar-refractivity contribution is 7.89. The molecule has 40 heavy (non-hydrogen) atoms. The van der Waals surface area contributed by atoms with Gasteiger partial charge in [-0.15, -0.1) is 0 Å². The number of sulfonamides is 1. The Labute approximate surface area is 238 Å². The first kappa shape index (κ1) is 29.5. The van der Waals surface area contributed by atoms with Crippen LogP contribution in [0.1, 0.15) is 47.9 Å². The molecule has 1 unspecified atom stereocenters. The zero-order valence-electron chi connectivity index (χ0n) is 23.5. The molecule has 0 spiro atoms. The van der Waals surface area contributed by atoms with Crippen LogP contribution in [0.25, 0.3) is 0 Å². The van der Waals surface area contributed by atoms with E-state index in [0.717, 1.165) is 52.2 Å². The van der Waals surface area contributed by atoms with E-state index in [1.807, 2.05) is 68.4 Å². The Bertz CT molecular complexity index is 1400. The molecule has 0 aromatic heterocycles. The SMILES string of the molecule is Cc1ccc(S(=O)(=O)N(C)CC(=O)N(Cc2cccc(C)c2)C(Cc2ccccc2)C(=O)NC2CCCC2)cc1. The van der Waals surface area contributed by atoms with Gasteiger partial charge in [0.15, 0.2) is 0 Å². The first-order valence-corrected chi connectivity index (χ1v) is 15.3. The standard InChI is InChI=1S/C32H39N3O4S/c1-24-16-18-29(19-17-24)40(38,39)34(3)23-31(36)35(22-27-13-9-10-25(2)20-27)30(21-26-11-5-4-6-12-26)32(37)33-28-14-7-8-15-28/h4-6,9-13,16-20,28,30H,7-8,14-15,21-23H2,1-3H3,(H,33,37). The lowest BCUT2D eigenvalue weighted by Gasteiger charge is -2.33. The Morgan fingerprint density at radius 1 is 0.875 bits per heavy atom. The van der Waals surface area contributed by atoms with Crippen LogP contribution in [0.4, 0.5) is 0 Å². The average molecular weight is 562 g/mol. The molecule has 2 amide bonds. The molecule has 1 aliphatic rings. The fourth-order valence-electron chi connectivity index (χ4n) is 5.19. The quantitative estimate of drug-likeness (QED) is 0.370. The minimum absolute atomic E-state index is 0.0892. The number of nitrogens with one attached hydrogen (secondary N) is 1. The molecule has 212 valence electrons. The summed E-state index contributed by atoms with van der Waals surface area (Å²) in [6.45, 7) is 3.67. The van der Waals surface area contributed by atoms with Crippen molar-refractivity contribution in [3.8, 4) is 0 Å². The maximum absolute atomic E-state index is 14.0. The van der Waals surface area contributed by atoms with Crippen molar-refractivity contribution in [2.45, 2.75) is 69.5 Å². The van der Waals surface area contributed by atoms with Crippen LogP contribution in [0.15, 0.2) is 83.8 Å². The van der Waals surface area contributed by atoms with Gasteiger partial charge in [0, 0.05) is 26.1 Å². The second-order valence-corrected chi connectivity index (χ2v) is 12.8. The number of rotatable bonds is 11. The van der Waals surface area contributed by atoms with E-state index in [4.69, 9.17) is 0 Å². The number of amides is 2.